The smallest absolute Gasteiger partial charge is 0.227 e. The van der Waals surface area contributed by atoms with E-state index in [2.05, 4.69) is 51.7 Å². The second-order valence-corrected chi connectivity index (χ2v) is 7.45. The van der Waals surface area contributed by atoms with Gasteiger partial charge in [-0.05, 0) is 26.0 Å². The highest BCUT2D eigenvalue weighted by Crippen LogP contribution is 2.22. The maximum absolute atomic E-state index is 12.1. The first kappa shape index (κ1) is 24.9. The summed E-state index contributed by atoms with van der Waals surface area (Å²) in [6, 6.07) is 5.51. The molecule has 0 radical (unpaired) electrons. The van der Waals surface area contributed by atoms with Crippen LogP contribution in [0.1, 0.15) is 51.5 Å². The van der Waals surface area contributed by atoms with E-state index >= 15 is 0 Å². The molecule has 2 heterocycles. The van der Waals surface area contributed by atoms with E-state index in [4.69, 9.17) is 4.42 Å². The van der Waals surface area contributed by atoms with Crippen molar-refractivity contribution in [2.75, 3.05) is 18.4 Å². The molecule has 0 aliphatic heterocycles. The monoisotopic (exact) mass is 514 g/mol. The molecule has 0 spiro atoms. The van der Waals surface area contributed by atoms with Crippen molar-refractivity contribution in [2.45, 2.75) is 53.0 Å². The van der Waals surface area contributed by atoms with Gasteiger partial charge in [-0.3, -0.25) is 4.79 Å². The van der Waals surface area contributed by atoms with Gasteiger partial charge in [0, 0.05) is 30.6 Å². The molecule has 0 aromatic carbocycles. The lowest BCUT2D eigenvalue weighted by Crippen LogP contribution is -2.38. The van der Waals surface area contributed by atoms with Gasteiger partial charge >= 0.3 is 0 Å². The number of guanidine groups is 1. The fourth-order valence-electron chi connectivity index (χ4n) is 2.33. The van der Waals surface area contributed by atoms with Gasteiger partial charge in [0.15, 0.2) is 5.96 Å². The zero-order chi connectivity index (χ0) is 20.6. The number of nitrogens with zero attached hydrogens (tertiary/aromatic N) is 3. The van der Waals surface area contributed by atoms with Crippen molar-refractivity contribution in [3.05, 3.63) is 41.7 Å². The van der Waals surface area contributed by atoms with E-state index in [-0.39, 0.29) is 35.3 Å². The number of rotatable bonds is 7. The third kappa shape index (κ3) is 8.80. The molecule has 0 aliphatic rings. The van der Waals surface area contributed by atoms with Crippen LogP contribution in [0.3, 0.4) is 0 Å². The summed E-state index contributed by atoms with van der Waals surface area (Å²) in [7, 11) is 0. The van der Waals surface area contributed by atoms with Gasteiger partial charge in [-0.2, -0.15) is 0 Å². The minimum atomic E-state index is -0.107. The van der Waals surface area contributed by atoms with E-state index in [0.717, 1.165) is 11.5 Å². The largest absolute Gasteiger partial charge is 0.443 e. The number of aromatic nitrogens is 2. The summed E-state index contributed by atoms with van der Waals surface area (Å²) < 4.78 is 5.75. The van der Waals surface area contributed by atoms with Crippen LogP contribution in [0.5, 0.6) is 0 Å². The van der Waals surface area contributed by atoms with Crippen molar-refractivity contribution in [1.29, 1.82) is 0 Å². The Morgan fingerprint density at radius 2 is 2.00 bits per heavy atom. The zero-order valence-electron chi connectivity index (χ0n) is 17.7. The fraction of sp³-hybridized carbons (Fsp3) is 0.500. The first-order valence-corrected chi connectivity index (χ1v) is 9.49. The Hall–Kier alpha value is -2.17. The molecule has 0 fully saturated rings. The molecule has 0 saturated heterocycles. The molecule has 0 aliphatic carbocycles. The van der Waals surface area contributed by atoms with Crippen LogP contribution in [0.15, 0.2) is 33.8 Å². The molecule has 2 aromatic rings. The number of hydrogen-bond donors (Lipinski definition) is 3. The predicted molar refractivity (Wildman–Crippen MR) is 126 cm³/mol. The number of anilines is 1. The van der Waals surface area contributed by atoms with Gasteiger partial charge in [0.2, 0.25) is 11.8 Å². The van der Waals surface area contributed by atoms with Crippen molar-refractivity contribution >= 4 is 41.7 Å². The van der Waals surface area contributed by atoms with Crippen LogP contribution in [-0.4, -0.2) is 34.9 Å². The topological polar surface area (TPSA) is 104 Å². The summed E-state index contributed by atoms with van der Waals surface area (Å²) in [4.78, 5) is 25.1. The number of nitrogens with one attached hydrogen (secondary N) is 3. The second-order valence-electron chi connectivity index (χ2n) is 7.45. The highest BCUT2D eigenvalue weighted by molar-refractivity contribution is 14.0. The number of halogens is 1. The van der Waals surface area contributed by atoms with Crippen molar-refractivity contribution < 1.29 is 9.21 Å². The number of aryl methyl sites for hydroxylation is 1. The molecule has 0 unspecified atom stereocenters. The molecule has 1 amide bonds. The molecule has 29 heavy (non-hydrogen) atoms. The van der Waals surface area contributed by atoms with Crippen LogP contribution in [0.2, 0.25) is 0 Å². The van der Waals surface area contributed by atoms with Crippen LogP contribution >= 0.6 is 24.0 Å². The Morgan fingerprint density at radius 3 is 2.62 bits per heavy atom. The van der Waals surface area contributed by atoms with Gasteiger partial charge in [-0.1, -0.05) is 26.8 Å². The lowest BCUT2D eigenvalue weighted by molar-refractivity contribution is -0.116. The normalized spacial score (nSPS) is 11.6. The third-order valence-corrected chi connectivity index (χ3v) is 3.81. The molecule has 8 nitrogen and oxygen atoms in total. The van der Waals surface area contributed by atoms with E-state index in [1.165, 1.54) is 0 Å². The minimum Gasteiger partial charge on any atom is -0.443 e. The van der Waals surface area contributed by atoms with Crippen LogP contribution < -0.4 is 16.0 Å². The molecule has 0 atom stereocenters. The van der Waals surface area contributed by atoms with Crippen molar-refractivity contribution in [1.82, 2.24) is 20.6 Å². The summed E-state index contributed by atoms with van der Waals surface area (Å²) in [5.74, 6) is 2.45. The summed E-state index contributed by atoms with van der Waals surface area (Å²) >= 11 is 0. The number of carbonyl (C=O) groups excluding carboxylic acids is 1. The molecular formula is C20H31IN6O2. The molecular weight excluding hydrogens is 483 g/mol. The number of oxazole rings is 1. The molecule has 2 aromatic heterocycles. The second kappa shape index (κ2) is 11.7. The number of aliphatic imine (C=N–C) groups is 1. The summed E-state index contributed by atoms with van der Waals surface area (Å²) in [5.41, 5.74) is 0.774. The Morgan fingerprint density at radius 1 is 1.24 bits per heavy atom. The van der Waals surface area contributed by atoms with Gasteiger partial charge in [0.1, 0.15) is 18.1 Å². The van der Waals surface area contributed by atoms with E-state index in [9.17, 15) is 4.79 Å². The summed E-state index contributed by atoms with van der Waals surface area (Å²) in [6.07, 6.45) is 2.04. The summed E-state index contributed by atoms with van der Waals surface area (Å²) in [6.45, 7) is 11.6. The summed E-state index contributed by atoms with van der Waals surface area (Å²) in [5, 5.41) is 9.08. The van der Waals surface area contributed by atoms with Gasteiger partial charge in [0.25, 0.3) is 0 Å². The zero-order valence-corrected chi connectivity index (χ0v) is 20.0. The number of pyridine rings is 1. The third-order valence-electron chi connectivity index (χ3n) is 3.81. The molecule has 3 N–H and O–H groups in total. The number of hydrogen-bond acceptors (Lipinski definition) is 5. The average Bonchev–Trinajstić information content (AvgIpc) is 3.09. The van der Waals surface area contributed by atoms with Crippen molar-refractivity contribution in [3.8, 4) is 0 Å². The first-order valence-electron chi connectivity index (χ1n) is 9.49. The van der Waals surface area contributed by atoms with Gasteiger partial charge in [-0.25, -0.2) is 15.0 Å². The maximum Gasteiger partial charge on any atom is 0.227 e. The SMILES string of the molecule is CCNC(=NCc1ncc(C(C)(C)C)o1)NCCC(=O)Nc1cccc(C)n1.I. The Labute approximate surface area is 189 Å². The van der Waals surface area contributed by atoms with E-state index < -0.39 is 0 Å². The number of amides is 1. The van der Waals surface area contributed by atoms with E-state index in [1.807, 2.05) is 26.0 Å². The highest BCUT2D eigenvalue weighted by Gasteiger charge is 2.19. The van der Waals surface area contributed by atoms with Crippen LogP contribution in [-0.2, 0) is 16.8 Å². The van der Waals surface area contributed by atoms with Gasteiger partial charge in [-0.15, -0.1) is 24.0 Å². The molecule has 2 rings (SSSR count). The first-order chi connectivity index (χ1) is 13.3. The lowest BCUT2D eigenvalue weighted by Gasteiger charge is -2.13. The van der Waals surface area contributed by atoms with Gasteiger partial charge in [0.05, 0.1) is 6.20 Å². The standard InChI is InChI=1S/C20H30N6O2.HI/c1-6-21-19(24-13-18-23-12-15(28-18)20(3,4)5)22-11-10-17(27)26-16-9-7-8-14(2)25-16;/h7-9,12H,6,10-11,13H2,1-5H3,(H2,21,22,24)(H,25,26,27);1H. The Kier molecular flexibility index (Phi) is 10.1. The Balaban J connectivity index is 0.00000420. The highest BCUT2D eigenvalue weighted by atomic mass is 127. The lowest BCUT2D eigenvalue weighted by atomic mass is 9.94. The van der Waals surface area contributed by atoms with E-state index in [1.54, 1.807) is 12.3 Å². The van der Waals surface area contributed by atoms with Crippen LogP contribution in [0.25, 0.3) is 0 Å². The van der Waals surface area contributed by atoms with Gasteiger partial charge < -0.3 is 20.4 Å². The minimum absolute atomic E-state index is 0. The quantitative estimate of drug-likeness (QED) is 0.298. The molecule has 160 valence electrons. The van der Waals surface area contributed by atoms with Crippen LogP contribution in [0.4, 0.5) is 5.82 Å². The molecule has 0 saturated carbocycles. The molecule has 0 bridgehead atoms. The molecule has 9 heteroatoms. The predicted octanol–water partition coefficient (Wildman–Crippen LogP) is 3.38. The Bertz CT molecular complexity index is 813. The van der Waals surface area contributed by atoms with Crippen molar-refractivity contribution in [3.63, 3.8) is 0 Å². The number of carbonyl (C=O) groups is 1. The average molecular weight is 514 g/mol. The van der Waals surface area contributed by atoms with Crippen molar-refractivity contribution in [2.24, 2.45) is 4.99 Å². The van der Waals surface area contributed by atoms with E-state index in [0.29, 0.717) is 43.7 Å². The van der Waals surface area contributed by atoms with Crippen LogP contribution in [0, 0.1) is 6.92 Å². The maximum atomic E-state index is 12.1. The fourth-order valence-corrected chi connectivity index (χ4v) is 2.33.